The van der Waals surface area contributed by atoms with Gasteiger partial charge in [-0.3, -0.25) is 9.59 Å². The number of rotatable bonds is 8. The smallest absolute Gasteiger partial charge is 0.239 e. The molecule has 128 valence electrons. The number of benzene rings is 1. The minimum atomic E-state index is -0.109. The van der Waals surface area contributed by atoms with Crippen molar-refractivity contribution in [3.05, 3.63) is 35.4 Å². The van der Waals surface area contributed by atoms with E-state index >= 15 is 0 Å². The van der Waals surface area contributed by atoms with E-state index in [1.807, 2.05) is 32.9 Å². The fraction of sp³-hybridized carbons (Fsp3) is 0.579. The van der Waals surface area contributed by atoms with Crippen LogP contribution >= 0.6 is 0 Å². The molecule has 4 nitrogen and oxygen atoms in total. The molecule has 1 N–H and O–H groups in total. The molecular formula is C19H30N2O2. The van der Waals surface area contributed by atoms with Gasteiger partial charge in [-0.25, -0.2) is 0 Å². The van der Waals surface area contributed by atoms with Crippen LogP contribution in [0.25, 0.3) is 0 Å². The van der Waals surface area contributed by atoms with Crippen LogP contribution in [-0.2, 0) is 22.4 Å². The molecule has 1 rings (SSSR count). The van der Waals surface area contributed by atoms with Crippen LogP contribution in [-0.4, -0.2) is 35.8 Å². The van der Waals surface area contributed by atoms with Gasteiger partial charge in [0.15, 0.2) is 0 Å². The third kappa shape index (κ3) is 7.31. The number of carbonyl (C=O) groups is 2. The highest BCUT2D eigenvalue weighted by molar-refractivity contribution is 5.85. The molecule has 0 saturated carbocycles. The van der Waals surface area contributed by atoms with E-state index in [-0.39, 0.29) is 24.4 Å². The van der Waals surface area contributed by atoms with Crippen LogP contribution in [0.1, 0.15) is 45.7 Å². The van der Waals surface area contributed by atoms with Crippen molar-refractivity contribution >= 4 is 11.8 Å². The fourth-order valence-electron chi connectivity index (χ4n) is 2.47. The van der Waals surface area contributed by atoms with Gasteiger partial charge in [0.1, 0.15) is 0 Å². The monoisotopic (exact) mass is 318 g/mol. The molecule has 0 fully saturated rings. The number of hydrogen-bond donors (Lipinski definition) is 1. The molecule has 1 aromatic rings. The Kier molecular flexibility index (Phi) is 7.79. The van der Waals surface area contributed by atoms with Gasteiger partial charge in [0.2, 0.25) is 11.8 Å². The third-order valence-corrected chi connectivity index (χ3v) is 3.54. The minimum absolute atomic E-state index is 0.0111. The Hall–Kier alpha value is -1.84. The zero-order chi connectivity index (χ0) is 17.4. The first-order valence-corrected chi connectivity index (χ1v) is 8.46. The van der Waals surface area contributed by atoms with Gasteiger partial charge in [-0.15, -0.1) is 0 Å². The molecule has 0 aliphatic heterocycles. The highest BCUT2D eigenvalue weighted by Gasteiger charge is 2.16. The summed E-state index contributed by atoms with van der Waals surface area (Å²) in [5.41, 5.74) is 2.28. The Morgan fingerprint density at radius 3 is 2.09 bits per heavy atom. The molecule has 0 aliphatic carbocycles. The standard InChI is InChI=1S/C19H30N2O2/c1-6-21(13-18(22)20-15(4)5)19(23)12-17-9-7-16(8-10-17)11-14(2)3/h7-10,14-15H,6,11-13H2,1-5H3,(H,20,22). The van der Waals surface area contributed by atoms with Gasteiger partial charge in [0.05, 0.1) is 13.0 Å². The van der Waals surface area contributed by atoms with Crippen molar-refractivity contribution in [3.63, 3.8) is 0 Å². The van der Waals surface area contributed by atoms with Crippen LogP contribution in [0.5, 0.6) is 0 Å². The van der Waals surface area contributed by atoms with Crippen molar-refractivity contribution in [3.8, 4) is 0 Å². The highest BCUT2D eigenvalue weighted by Crippen LogP contribution is 2.11. The van der Waals surface area contributed by atoms with Gasteiger partial charge in [0, 0.05) is 12.6 Å². The third-order valence-electron chi connectivity index (χ3n) is 3.54. The topological polar surface area (TPSA) is 49.4 Å². The second-order valence-corrected chi connectivity index (χ2v) is 6.72. The zero-order valence-corrected chi connectivity index (χ0v) is 15.1. The van der Waals surface area contributed by atoms with Crippen molar-refractivity contribution in [2.24, 2.45) is 5.92 Å². The number of amides is 2. The minimum Gasteiger partial charge on any atom is -0.352 e. The summed E-state index contributed by atoms with van der Waals surface area (Å²) in [4.78, 5) is 25.8. The summed E-state index contributed by atoms with van der Waals surface area (Å²) in [6, 6.07) is 8.29. The van der Waals surface area contributed by atoms with E-state index in [9.17, 15) is 9.59 Å². The Balaban J connectivity index is 2.60. The Morgan fingerprint density at radius 2 is 1.61 bits per heavy atom. The molecule has 0 atom stereocenters. The molecule has 2 amide bonds. The van der Waals surface area contributed by atoms with Gasteiger partial charge in [0.25, 0.3) is 0 Å². The van der Waals surface area contributed by atoms with E-state index in [0.29, 0.717) is 18.9 Å². The predicted octanol–water partition coefficient (Wildman–Crippen LogP) is 2.80. The molecule has 0 heterocycles. The maximum Gasteiger partial charge on any atom is 0.239 e. The molecule has 0 aromatic heterocycles. The lowest BCUT2D eigenvalue weighted by Crippen LogP contribution is -2.43. The van der Waals surface area contributed by atoms with E-state index in [1.165, 1.54) is 5.56 Å². The molecule has 0 aliphatic rings. The van der Waals surface area contributed by atoms with E-state index in [1.54, 1.807) is 4.90 Å². The zero-order valence-electron chi connectivity index (χ0n) is 15.1. The first kappa shape index (κ1) is 19.2. The van der Waals surface area contributed by atoms with Crippen LogP contribution < -0.4 is 5.32 Å². The first-order chi connectivity index (χ1) is 10.8. The molecule has 23 heavy (non-hydrogen) atoms. The maximum atomic E-state index is 12.4. The van der Waals surface area contributed by atoms with Crippen molar-refractivity contribution in [2.45, 2.75) is 53.5 Å². The molecule has 1 aromatic carbocycles. The van der Waals surface area contributed by atoms with Crippen LogP contribution in [0, 0.1) is 5.92 Å². The molecule has 0 unspecified atom stereocenters. The number of hydrogen-bond acceptors (Lipinski definition) is 2. The second-order valence-electron chi connectivity index (χ2n) is 6.72. The van der Waals surface area contributed by atoms with E-state index < -0.39 is 0 Å². The number of nitrogens with one attached hydrogen (secondary N) is 1. The lowest BCUT2D eigenvalue weighted by Gasteiger charge is -2.21. The SMILES string of the molecule is CCN(CC(=O)NC(C)C)C(=O)Cc1ccc(CC(C)C)cc1. The summed E-state index contributed by atoms with van der Waals surface area (Å²) in [5, 5.41) is 2.82. The number of likely N-dealkylation sites (N-methyl/N-ethyl adjacent to an activating group) is 1. The molecular weight excluding hydrogens is 288 g/mol. The van der Waals surface area contributed by atoms with E-state index in [4.69, 9.17) is 0 Å². The molecule has 0 spiro atoms. The predicted molar refractivity (Wildman–Crippen MR) is 94.2 cm³/mol. The van der Waals surface area contributed by atoms with E-state index in [0.717, 1.165) is 12.0 Å². The molecule has 0 bridgehead atoms. The summed E-state index contributed by atoms with van der Waals surface area (Å²) in [5.74, 6) is 0.503. The second kappa shape index (κ2) is 9.33. The number of nitrogens with zero attached hydrogens (tertiary/aromatic N) is 1. The van der Waals surface area contributed by atoms with Crippen LogP contribution in [0.2, 0.25) is 0 Å². The summed E-state index contributed by atoms with van der Waals surface area (Å²) in [6.45, 7) is 10.8. The molecule has 4 heteroatoms. The first-order valence-electron chi connectivity index (χ1n) is 8.46. The lowest BCUT2D eigenvalue weighted by atomic mass is 10.0. The van der Waals surface area contributed by atoms with Crippen LogP contribution in [0.15, 0.2) is 24.3 Å². The highest BCUT2D eigenvalue weighted by atomic mass is 16.2. The summed E-state index contributed by atoms with van der Waals surface area (Å²) in [7, 11) is 0. The van der Waals surface area contributed by atoms with Gasteiger partial charge in [-0.05, 0) is 44.2 Å². The fourth-order valence-corrected chi connectivity index (χ4v) is 2.47. The van der Waals surface area contributed by atoms with E-state index in [2.05, 4.69) is 31.3 Å². The Labute approximate surface area is 140 Å². The van der Waals surface area contributed by atoms with Crippen molar-refractivity contribution in [1.29, 1.82) is 0 Å². The average molecular weight is 318 g/mol. The largest absolute Gasteiger partial charge is 0.352 e. The average Bonchev–Trinajstić information content (AvgIpc) is 2.45. The van der Waals surface area contributed by atoms with Crippen molar-refractivity contribution in [1.82, 2.24) is 10.2 Å². The van der Waals surface area contributed by atoms with Crippen molar-refractivity contribution in [2.75, 3.05) is 13.1 Å². The summed E-state index contributed by atoms with van der Waals surface area (Å²) in [6.07, 6.45) is 1.38. The summed E-state index contributed by atoms with van der Waals surface area (Å²) >= 11 is 0. The number of carbonyl (C=O) groups excluding carboxylic acids is 2. The Bertz CT molecular complexity index is 507. The van der Waals surface area contributed by atoms with Crippen molar-refractivity contribution < 1.29 is 9.59 Å². The van der Waals surface area contributed by atoms with Gasteiger partial charge >= 0.3 is 0 Å². The van der Waals surface area contributed by atoms with Gasteiger partial charge < -0.3 is 10.2 Å². The molecule has 0 radical (unpaired) electrons. The normalized spacial score (nSPS) is 10.9. The Morgan fingerprint density at radius 1 is 1.04 bits per heavy atom. The van der Waals surface area contributed by atoms with Crippen LogP contribution in [0.3, 0.4) is 0 Å². The van der Waals surface area contributed by atoms with Crippen LogP contribution in [0.4, 0.5) is 0 Å². The quantitative estimate of drug-likeness (QED) is 0.801. The summed E-state index contributed by atoms with van der Waals surface area (Å²) < 4.78 is 0. The lowest BCUT2D eigenvalue weighted by molar-refractivity contribution is -0.135. The van der Waals surface area contributed by atoms with Gasteiger partial charge in [-0.1, -0.05) is 38.1 Å². The maximum absolute atomic E-state index is 12.4. The molecule has 0 saturated heterocycles. The van der Waals surface area contributed by atoms with Gasteiger partial charge in [-0.2, -0.15) is 0 Å².